The largest absolute Gasteiger partial charge is 0.497 e. The highest BCUT2D eigenvalue weighted by Crippen LogP contribution is 2.27. The summed E-state index contributed by atoms with van der Waals surface area (Å²) in [4.78, 5) is 12.2. The molecular formula is C24H28O4. The molecule has 1 atom stereocenters. The fourth-order valence-corrected chi connectivity index (χ4v) is 3.48. The van der Waals surface area contributed by atoms with Gasteiger partial charge in [-0.05, 0) is 73.9 Å². The average Bonchev–Trinajstić information content (AvgIpc) is 2.77. The fraction of sp³-hybridized carbons (Fsp3) is 0.375. The van der Waals surface area contributed by atoms with Crippen LogP contribution < -0.4 is 9.47 Å². The first kappa shape index (κ1) is 20.0. The standard InChI is InChI=1S/C24H28O4/c1-26-21-13-9-19(10-14-21)20-11-15-22(16-12-20)28-23(24(25)27-2)17-8-18-6-4-3-5-7-18/h6,9-16,23H,3-5,7-8,17H2,1-2H3. The van der Waals surface area contributed by atoms with Crippen LogP contribution in [0, 0.1) is 0 Å². The average molecular weight is 380 g/mol. The summed E-state index contributed by atoms with van der Waals surface area (Å²) in [5.41, 5.74) is 3.61. The van der Waals surface area contributed by atoms with Gasteiger partial charge in [-0.3, -0.25) is 0 Å². The van der Waals surface area contributed by atoms with Crippen LogP contribution in [0.1, 0.15) is 38.5 Å². The van der Waals surface area contributed by atoms with Gasteiger partial charge in [-0.2, -0.15) is 0 Å². The van der Waals surface area contributed by atoms with Crippen LogP contribution in [0.5, 0.6) is 11.5 Å². The third-order valence-electron chi connectivity index (χ3n) is 5.13. The summed E-state index contributed by atoms with van der Waals surface area (Å²) in [7, 11) is 3.06. The maximum Gasteiger partial charge on any atom is 0.347 e. The molecule has 0 aromatic heterocycles. The van der Waals surface area contributed by atoms with Crippen molar-refractivity contribution in [2.45, 2.75) is 44.6 Å². The topological polar surface area (TPSA) is 44.8 Å². The van der Waals surface area contributed by atoms with Gasteiger partial charge in [0.05, 0.1) is 14.2 Å². The number of carbonyl (C=O) groups excluding carboxylic acids is 1. The van der Waals surface area contributed by atoms with Gasteiger partial charge in [0.25, 0.3) is 0 Å². The van der Waals surface area contributed by atoms with Crippen LogP contribution in [0.2, 0.25) is 0 Å². The molecule has 0 saturated heterocycles. The minimum Gasteiger partial charge on any atom is -0.497 e. The molecule has 2 aromatic carbocycles. The van der Waals surface area contributed by atoms with E-state index in [0.717, 1.165) is 36.1 Å². The number of rotatable bonds is 8. The summed E-state index contributed by atoms with van der Waals surface area (Å²) in [5.74, 6) is 1.18. The van der Waals surface area contributed by atoms with Crippen LogP contribution in [0.3, 0.4) is 0 Å². The van der Waals surface area contributed by atoms with Crippen LogP contribution >= 0.6 is 0 Å². The van der Waals surface area contributed by atoms with E-state index in [4.69, 9.17) is 14.2 Å². The zero-order chi connectivity index (χ0) is 19.8. The van der Waals surface area contributed by atoms with E-state index in [1.165, 1.54) is 25.5 Å². The Kier molecular flexibility index (Phi) is 7.12. The van der Waals surface area contributed by atoms with Crippen molar-refractivity contribution in [1.82, 2.24) is 0 Å². The van der Waals surface area contributed by atoms with Gasteiger partial charge >= 0.3 is 5.97 Å². The van der Waals surface area contributed by atoms with Gasteiger partial charge in [-0.25, -0.2) is 4.79 Å². The SMILES string of the molecule is COC(=O)C(CCC1=CCCCC1)Oc1ccc(-c2ccc(OC)cc2)cc1. The van der Waals surface area contributed by atoms with Crippen molar-refractivity contribution in [3.8, 4) is 22.6 Å². The highest BCUT2D eigenvalue weighted by molar-refractivity contribution is 5.75. The quantitative estimate of drug-likeness (QED) is 0.444. The van der Waals surface area contributed by atoms with E-state index in [-0.39, 0.29) is 5.97 Å². The monoisotopic (exact) mass is 380 g/mol. The molecular weight excluding hydrogens is 352 g/mol. The van der Waals surface area contributed by atoms with E-state index in [2.05, 4.69) is 6.08 Å². The Morgan fingerprint density at radius 1 is 0.929 bits per heavy atom. The first-order chi connectivity index (χ1) is 13.7. The number of allylic oxidation sites excluding steroid dienone is 2. The predicted molar refractivity (Wildman–Crippen MR) is 111 cm³/mol. The third-order valence-corrected chi connectivity index (χ3v) is 5.13. The molecule has 0 heterocycles. The number of hydrogen-bond donors (Lipinski definition) is 0. The molecule has 1 unspecified atom stereocenters. The first-order valence-corrected chi connectivity index (χ1v) is 9.86. The summed E-state index contributed by atoms with van der Waals surface area (Å²) >= 11 is 0. The van der Waals surface area contributed by atoms with E-state index in [9.17, 15) is 4.79 Å². The Morgan fingerprint density at radius 2 is 1.57 bits per heavy atom. The van der Waals surface area contributed by atoms with Gasteiger partial charge in [0.15, 0.2) is 6.10 Å². The Hall–Kier alpha value is -2.75. The first-order valence-electron chi connectivity index (χ1n) is 9.86. The molecule has 0 spiro atoms. The van der Waals surface area contributed by atoms with Crippen molar-refractivity contribution in [3.05, 3.63) is 60.2 Å². The Bertz CT molecular complexity index is 790. The van der Waals surface area contributed by atoms with Gasteiger partial charge in [0, 0.05) is 0 Å². The van der Waals surface area contributed by atoms with Gasteiger partial charge in [-0.1, -0.05) is 35.9 Å². The molecule has 4 heteroatoms. The van der Waals surface area contributed by atoms with Crippen molar-refractivity contribution in [1.29, 1.82) is 0 Å². The summed E-state index contributed by atoms with van der Waals surface area (Å²) in [6, 6.07) is 15.7. The lowest BCUT2D eigenvalue weighted by Crippen LogP contribution is -2.28. The maximum absolute atomic E-state index is 12.2. The Labute approximate surface area is 167 Å². The number of esters is 1. The normalized spacial score (nSPS) is 14.7. The molecule has 0 radical (unpaired) electrons. The van der Waals surface area contributed by atoms with Gasteiger partial charge in [0.1, 0.15) is 11.5 Å². The highest BCUT2D eigenvalue weighted by Gasteiger charge is 2.22. The van der Waals surface area contributed by atoms with E-state index in [0.29, 0.717) is 12.2 Å². The van der Waals surface area contributed by atoms with Crippen molar-refractivity contribution in [2.24, 2.45) is 0 Å². The van der Waals surface area contributed by atoms with E-state index in [1.807, 2.05) is 48.5 Å². The molecule has 0 amide bonds. The molecule has 4 nitrogen and oxygen atoms in total. The lowest BCUT2D eigenvalue weighted by molar-refractivity contribution is -0.149. The van der Waals surface area contributed by atoms with Gasteiger partial charge in [0.2, 0.25) is 0 Å². The molecule has 3 rings (SSSR count). The summed E-state index contributed by atoms with van der Waals surface area (Å²) in [5, 5.41) is 0. The number of methoxy groups -OCH3 is 2. The zero-order valence-electron chi connectivity index (χ0n) is 16.6. The van der Waals surface area contributed by atoms with Crippen LogP contribution in [-0.4, -0.2) is 26.3 Å². The zero-order valence-corrected chi connectivity index (χ0v) is 16.6. The second-order valence-corrected chi connectivity index (χ2v) is 7.03. The van der Waals surface area contributed by atoms with Gasteiger partial charge < -0.3 is 14.2 Å². The summed E-state index contributed by atoms with van der Waals surface area (Å²) in [6.07, 6.45) is 8.02. The molecule has 0 aliphatic heterocycles. The molecule has 28 heavy (non-hydrogen) atoms. The lowest BCUT2D eigenvalue weighted by Gasteiger charge is -2.19. The van der Waals surface area contributed by atoms with Crippen molar-refractivity contribution in [2.75, 3.05) is 14.2 Å². The molecule has 1 aliphatic carbocycles. The number of ether oxygens (including phenoxy) is 3. The van der Waals surface area contributed by atoms with Crippen LogP contribution in [0.4, 0.5) is 0 Å². The minimum absolute atomic E-state index is 0.323. The van der Waals surface area contributed by atoms with Crippen LogP contribution in [0.15, 0.2) is 60.2 Å². The Balaban J connectivity index is 1.64. The van der Waals surface area contributed by atoms with Crippen LogP contribution in [-0.2, 0) is 9.53 Å². The fourth-order valence-electron chi connectivity index (χ4n) is 3.48. The van der Waals surface area contributed by atoms with E-state index < -0.39 is 6.10 Å². The number of benzene rings is 2. The van der Waals surface area contributed by atoms with Crippen molar-refractivity contribution in [3.63, 3.8) is 0 Å². The molecule has 0 saturated carbocycles. The highest BCUT2D eigenvalue weighted by atomic mass is 16.6. The van der Waals surface area contributed by atoms with Crippen molar-refractivity contribution >= 4 is 5.97 Å². The third kappa shape index (κ3) is 5.38. The predicted octanol–water partition coefficient (Wildman–Crippen LogP) is 5.56. The molecule has 1 aliphatic rings. The summed E-state index contributed by atoms with van der Waals surface area (Å²) < 4.78 is 16.1. The van der Waals surface area contributed by atoms with Crippen molar-refractivity contribution < 1.29 is 19.0 Å². The second-order valence-electron chi connectivity index (χ2n) is 7.03. The van der Waals surface area contributed by atoms with E-state index >= 15 is 0 Å². The van der Waals surface area contributed by atoms with Crippen LogP contribution in [0.25, 0.3) is 11.1 Å². The minimum atomic E-state index is -0.584. The van der Waals surface area contributed by atoms with Gasteiger partial charge in [-0.15, -0.1) is 0 Å². The number of carbonyl (C=O) groups is 1. The summed E-state index contributed by atoms with van der Waals surface area (Å²) in [6.45, 7) is 0. The second kappa shape index (κ2) is 9.98. The lowest BCUT2D eigenvalue weighted by atomic mass is 9.95. The molecule has 2 aromatic rings. The number of hydrogen-bond acceptors (Lipinski definition) is 4. The molecule has 0 N–H and O–H groups in total. The van der Waals surface area contributed by atoms with E-state index in [1.54, 1.807) is 7.11 Å². The maximum atomic E-state index is 12.2. The molecule has 148 valence electrons. The molecule has 0 bridgehead atoms. The smallest absolute Gasteiger partial charge is 0.347 e. The Morgan fingerprint density at radius 3 is 2.11 bits per heavy atom. The molecule has 0 fully saturated rings.